The number of carboxylic acids is 1. The number of urea groups is 1. The third-order valence-corrected chi connectivity index (χ3v) is 4.06. The van der Waals surface area contributed by atoms with Gasteiger partial charge in [-0.25, -0.2) is 9.59 Å². The van der Waals surface area contributed by atoms with Crippen LogP contribution in [0.25, 0.3) is 0 Å². The molecule has 0 aromatic carbocycles. The lowest BCUT2D eigenvalue weighted by atomic mass is 10.1. The lowest BCUT2D eigenvalue weighted by Gasteiger charge is -2.23. The van der Waals surface area contributed by atoms with Gasteiger partial charge in [-0.1, -0.05) is 0 Å². The normalized spacial score (nSPS) is 12.8. The molecule has 112 valence electrons. The highest BCUT2D eigenvalue weighted by Gasteiger charge is 2.24. The molecule has 1 heterocycles. The van der Waals surface area contributed by atoms with E-state index < -0.39 is 18.0 Å². The maximum absolute atomic E-state index is 11.8. The Kier molecular flexibility index (Phi) is 5.43. The van der Waals surface area contributed by atoms with Crippen molar-refractivity contribution < 1.29 is 14.7 Å². The van der Waals surface area contributed by atoms with Gasteiger partial charge in [-0.15, -0.1) is 0 Å². The quantitative estimate of drug-likeness (QED) is 0.728. The summed E-state index contributed by atoms with van der Waals surface area (Å²) in [5, 5.41) is 18.2. The van der Waals surface area contributed by atoms with Gasteiger partial charge >= 0.3 is 12.0 Å². The van der Waals surface area contributed by atoms with E-state index in [-0.39, 0.29) is 4.75 Å². The van der Waals surface area contributed by atoms with Crippen LogP contribution in [-0.4, -0.2) is 44.4 Å². The average molecular weight is 300 g/mol. The monoisotopic (exact) mass is 300 g/mol. The van der Waals surface area contributed by atoms with Crippen molar-refractivity contribution in [1.29, 1.82) is 0 Å². The van der Waals surface area contributed by atoms with E-state index in [4.69, 9.17) is 0 Å². The summed E-state index contributed by atoms with van der Waals surface area (Å²) in [6.07, 6.45) is 4.94. The van der Waals surface area contributed by atoms with Crippen LogP contribution in [-0.2, 0) is 11.8 Å². The van der Waals surface area contributed by atoms with Crippen molar-refractivity contribution in [2.45, 2.75) is 24.6 Å². The van der Waals surface area contributed by atoms with Gasteiger partial charge < -0.3 is 15.7 Å². The third-order valence-electron chi connectivity index (χ3n) is 2.81. The van der Waals surface area contributed by atoms with Crippen LogP contribution in [0.15, 0.2) is 12.4 Å². The summed E-state index contributed by atoms with van der Waals surface area (Å²) < 4.78 is 1.38. The Labute approximate surface area is 122 Å². The van der Waals surface area contributed by atoms with E-state index in [2.05, 4.69) is 15.7 Å². The van der Waals surface area contributed by atoms with Crippen molar-refractivity contribution in [3.63, 3.8) is 0 Å². The van der Waals surface area contributed by atoms with Crippen molar-refractivity contribution >= 4 is 23.8 Å². The van der Waals surface area contributed by atoms with Crippen LogP contribution in [0.4, 0.5) is 4.79 Å². The summed E-state index contributed by atoms with van der Waals surface area (Å²) in [6.45, 7) is 4.43. The highest BCUT2D eigenvalue weighted by atomic mass is 32.2. The second kappa shape index (κ2) is 6.65. The van der Waals surface area contributed by atoms with Gasteiger partial charge in [-0.2, -0.15) is 16.9 Å². The Morgan fingerprint density at radius 1 is 1.55 bits per heavy atom. The Balaban J connectivity index is 2.63. The summed E-state index contributed by atoms with van der Waals surface area (Å²) in [4.78, 5) is 23.0. The number of carboxylic acid groups (broad SMARTS) is 1. The van der Waals surface area contributed by atoms with Crippen molar-refractivity contribution in [3.8, 4) is 0 Å². The third kappa shape index (κ3) is 4.76. The number of hydrogen-bond donors (Lipinski definition) is 3. The molecule has 0 fully saturated rings. The second-order valence-electron chi connectivity index (χ2n) is 5.01. The molecule has 0 aliphatic rings. The standard InChI is InChI=1S/C12H20N4O3S/c1-12(2,20-4)7-13-11(19)15-9(10(17)18)8-5-14-16(3)6-8/h5-6,9H,7H2,1-4H3,(H,17,18)(H2,13,15,19). The molecule has 0 spiro atoms. The van der Waals surface area contributed by atoms with E-state index in [0.29, 0.717) is 12.1 Å². The maximum Gasteiger partial charge on any atom is 0.331 e. The van der Waals surface area contributed by atoms with E-state index in [9.17, 15) is 14.7 Å². The van der Waals surface area contributed by atoms with Crippen LogP contribution in [0.1, 0.15) is 25.5 Å². The largest absolute Gasteiger partial charge is 0.479 e. The molecular weight excluding hydrogens is 280 g/mol. The molecule has 0 saturated heterocycles. The molecule has 1 atom stereocenters. The summed E-state index contributed by atoms with van der Waals surface area (Å²) in [5.41, 5.74) is 0.430. The molecule has 2 amide bonds. The van der Waals surface area contributed by atoms with E-state index >= 15 is 0 Å². The van der Waals surface area contributed by atoms with Crippen LogP contribution in [0.3, 0.4) is 0 Å². The van der Waals surface area contributed by atoms with Crippen LogP contribution in [0.5, 0.6) is 0 Å². The van der Waals surface area contributed by atoms with E-state index in [1.54, 1.807) is 25.0 Å². The van der Waals surface area contributed by atoms with Gasteiger partial charge in [-0.3, -0.25) is 4.68 Å². The smallest absolute Gasteiger partial charge is 0.331 e. The lowest BCUT2D eigenvalue weighted by Crippen LogP contribution is -2.45. The molecular formula is C12H20N4O3S. The Bertz CT molecular complexity index is 487. The summed E-state index contributed by atoms with van der Waals surface area (Å²) in [5.74, 6) is -1.13. The number of aliphatic carboxylic acids is 1. The first-order valence-corrected chi connectivity index (χ1v) is 7.28. The van der Waals surface area contributed by atoms with Gasteiger partial charge in [0.1, 0.15) is 0 Å². The number of amides is 2. The average Bonchev–Trinajstić information content (AvgIpc) is 2.79. The topological polar surface area (TPSA) is 96.2 Å². The molecule has 0 radical (unpaired) electrons. The summed E-state index contributed by atoms with van der Waals surface area (Å²) in [7, 11) is 1.68. The molecule has 20 heavy (non-hydrogen) atoms. The van der Waals surface area contributed by atoms with Crippen LogP contribution in [0, 0.1) is 0 Å². The van der Waals surface area contributed by atoms with Gasteiger partial charge in [0.05, 0.1) is 6.20 Å². The number of nitrogens with one attached hydrogen (secondary N) is 2. The predicted octanol–water partition coefficient (Wildman–Crippen LogP) is 0.987. The first-order chi connectivity index (χ1) is 9.25. The fraction of sp³-hybridized carbons (Fsp3) is 0.583. The number of carbonyl (C=O) groups is 2. The fourth-order valence-electron chi connectivity index (χ4n) is 1.42. The minimum absolute atomic E-state index is 0.107. The van der Waals surface area contributed by atoms with Crippen molar-refractivity contribution in [2.24, 2.45) is 7.05 Å². The SMILES string of the molecule is CSC(C)(C)CNC(=O)NC(C(=O)O)c1cnn(C)c1. The van der Waals surface area contributed by atoms with Crippen molar-refractivity contribution in [1.82, 2.24) is 20.4 Å². The molecule has 0 saturated carbocycles. The van der Waals surface area contributed by atoms with Crippen LogP contribution >= 0.6 is 11.8 Å². The molecule has 7 nitrogen and oxygen atoms in total. The molecule has 1 unspecified atom stereocenters. The predicted molar refractivity (Wildman–Crippen MR) is 77.7 cm³/mol. The number of nitrogens with zero attached hydrogens (tertiary/aromatic N) is 2. The zero-order valence-corrected chi connectivity index (χ0v) is 12.8. The first kappa shape index (κ1) is 16.4. The number of aryl methyl sites for hydroxylation is 1. The van der Waals surface area contributed by atoms with E-state index in [1.165, 1.54) is 10.9 Å². The second-order valence-corrected chi connectivity index (χ2v) is 6.52. The number of rotatable bonds is 6. The highest BCUT2D eigenvalue weighted by molar-refractivity contribution is 7.99. The Morgan fingerprint density at radius 3 is 2.65 bits per heavy atom. The maximum atomic E-state index is 11.8. The molecule has 1 rings (SSSR count). The van der Waals surface area contributed by atoms with Gasteiger partial charge in [0.25, 0.3) is 0 Å². The Hall–Kier alpha value is -1.70. The molecule has 0 bridgehead atoms. The number of aromatic nitrogens is 2. The molecule has 0 aliphatic heterocycles. The van der Waals surface area contributed by atoms with E-state index in [1.807, 2.05) is 20.1 Å². The van der Waals surface area contributed by atoms with Crippen LogP contribution in [0.2, 0.25) is 0 Å². The minimum atomic E-state index is -1.13. The molecule has 0 aliphatic carbocycles. The zero-order valence-electron chi connectivity index (χ0n) is 12.0. The van der Waals surface area contributed by atoms with Gasteiger partial charge in [0, 0.05) is 30.1 Å². The lowest BCUT2D eigenvalue weighted by molar-refractivity contribution is -0.139. The van der Waals surface area contributed by atoms with Gasteiger partial charge in [0.15, 0.2) is 6.04 Å². The fourth-order valence-corrected chi connectivity index (χ4v) is 1.64. The van der Waals surface area contributed by atoms with Gasteiger partial charge in [0.2, 0.25) is 0 Å². The molecule has 8 heteroatoms. The highest BCUT2D eigenvalue weighted by Crippen LogP contribution is 2.19. The number of thioether (sulfide) groups is 1. The van der Waals surface area contributed by atoms with Crippen molar-refractivity contribution in [2.75, 3.05) is 12.8 Å². The number of carbonyl (C=O) groups excluding carboxylic acids is 1. The zero-order chi connectivity index (χ0) is 15.3. The Morgan fingerprint density at radius 2 is 2.20 bits per heavy atom. The molecule has 1 aromatic rings. The van der Waals surface area contributed by atoms with Crippen molar-refractivity contribution in [3.05, 3.63) is 18.0 Å². The van der Waals surface area contributed by atoms with Gasteiger partial charge in [-0.05, 0) is 20.1 Å². The van der Waals surface area contributed by atoms with E-state index in [0.717, 1.165) is 0 Å². The molecule has 3 N–H and O–H groups in total. The summed E-state index contributed by atoms with van der Waals surface area (Å²) in [6, 6.07) is -1.62. The first-order valence-electron chi connectivity index (χ1n) is 6.06. The summed E-state index contributed by atoms with van der Waals surface area (Å²) >= 11 is 1.62. The van der Waals surface area contributed by atoms with Crippen LogP contribution < -0.4 is 10.6 Å². The number of hydrogen-bond acceptors (Lipinski definition) is 4. The molecule has 1 aromatic heterocycles. The minimum Gasteiger partial charge on any atom is -0.479 e.